The van der Waals surface area contributed by atoms with Gasteiger partial charge >= 0.3 is 0 Å². The second-order valence-corrected chi connectivity index (χ2v) is 9.70. The fourth-order valence-corrected chi connectivity index (χ4v) is 5.15. The number of nitrogens with zero attached hydrogens (tertiary/aromatic N) is 2. The molecule has 9 heteroatoms. The largest absolute Gasteiger partial charge is 0.503 e. The van der Waals surface area contributed by atoms with Gasteiger partial charge in [0.1, 0.15) is 5.92 Å². The van der Waals surface area contributed by atoms with Crippen LogP contribution in [0.4, 0.5) is 11.4 Å². The van der Waals surface area contributed by atoms with Crippen LogP contribution in [-0.2, 0) is 14.4 Å². The first-order valence-electron chi connectivity index (χ1n) is 10.7. The van der Waals surface area contributed by atoms with Crippen molar-refractivity contribution in [2.75, 3.05) is 16.6 Å². The van der Waals surface area contributed by atoms with Crippen molar-refractivity contribution >= 4 is 55.0 Å². The van der Waals surface area contributed by atoms with E-state index in [9.17, 15) is 14.7 Å². The van der Waals surface area contributed by atoms with Gasteiger partial charge in [0.25, 0.3) is 5.91 Å². The Morgan fingerprint density at radius 3 is 2.35 bits per heavy atom. The highest BCUT2D eigenvalue weighted by Gasteiger charge is 2.60. The summed E-state index contributed by atoms with van der Waals surface area (Å²) in [6.45, 7) is 2.17. The lowest BCUT2D eigenvalue weighted by atomic mass is 9.90. The number of aromatic hydroxyl groups is 1. The molecule has 0 aliphatic carbocycles. The molecule has 2 aliphatic rings. The number of imide groups is 1. The average molecular weight is 588 g/mol. The first kappa shape index (κ1) is 22.9. The van der Waals surface area contributed by atoms with Gasteiger partial charge in [-0.05, 0) is 76.9 Å². The summed E-state index contributed by atoms with van der Waals surface area (Å²) >= 11 is 6.77. The van der Waals surface area contributed by atoms with Gasteiger partial charge in [-0.1, -0.05) is 34.1 Å². The molecule has 2 fully saturated rings. The molecule has 2 heterocycles. The van der Waals surface area contributed by atoms with E-state index in [4.69, 9.17) is 9.57 Å². The highest BCUT2D eigenvalue weighted by Crippen LogP contribution is 2.49. The smallest absolute Gasteiger partial charge is 0.266 e. The maximum atomic E-state index is 13.7. The predicted octanol–water partition coefficient (Wildman–Crippen LogP) is 5.37. The van der Waals surface area contributed by atoms with E-state index in [1.54, 1.807) is 41.5 Å². The van der Waals surface area contributed by atoms with Gasteiger partial charge in [-0.2, -0.15) is 0 Å². The van der Waals surface area contributed by atoms with Crippen LogP contribution in [0.25, 0.3) is 0 Å². The lowest BCUT2D eigenvalue weighted by molar-refractivity contribution is -0.126. The standard InChI is InChI=1S/C25H20Br2N2O5/c1-2-33-19-13-14(12-18(27)22(19)30)21-20-23(34-29(21)17-6-4-3-5-7-17)25(32)28(24(20)31)16-10-8-15(26)9-11-16/h3-13,20-21,23,30H,2H2,1H3. The SMILES string of the molecule is CCOc1cc(C2C3C(=O)N(c4ccc(Br)cc4)C(=O)C3ON2c2ccccc2)cc(Br)c1O. The van der Waals surface area contributed by atoms with E-state index in [0.717, 1.165) is 4.47 Å². The van der Waals surface area contributed by atoms with Crippen molar-refractivity contribution in [3.05, 3.63) is 81.2 Å². The van der Waals surface area contributed by atoms with Crippen LogP contribution in [0.1, 0.15) is 18.5 Å². The van der Waals surface area contributed by atoms with Crippen LogP contribution in [0.15, 0.2) is 75.7 Å². The van der Waals surface area contributed by atoms with E-state index in [2.05, 4.69) is 31.9 Å². The number of anilines is 2. The minimum atomic E-state index is -0.982. The monoisotopic (exact) mass is 586 g/mol. The lowest BCUT2D eigenvalue weighted by Crippen LogP contribution is -2.37. The minimum Gasteiger partial charge on any atom is -0.503 e. The number of hydroxylamine groups is 1. The molecule has 5 rings (SSSR count). The molecule has 2 amide bonds. The number of halogens is 2. The summed E-state index contributed by atoms with van der Waals surface area (Å²) in [6.07, 6.45) is -0.982. The number of ether oxygens (including phenoxy) is 1. The topological polar surface area (TPSA) is 79.3 Å². The molecule has 174 valence electrons. The second-order valence-electron chi connectivity index (χ2n) is 7.93. The van der Waals surface area contributed by atoms with E-state index in [-0.39, 0.29) is 17.4 Å². The molecule has 2 saturated heterocycles. The fraction of sp³-hybridized carbons (Fsp3) is 0.200. The molecule has 0 aromatic heterocycles. The van der Waals surface area contributed by atoms with Gasteiger partial charge in [-0.15, -0.1) is 0 Å². The van der Waals surface area contributed by atoms with E-state index < -0.39 is 24.0 Å². The number of hydrogen-bond donors (Lipinski definition) is 1. The van der Waals surface area contributed by atoms with Crippen molar-refractivity contribution in [3.8, 4) is 11.5 Å². The summed E-state index contributed by atoms with van der Waals surface area (Å²) in [4.78, 5) is 34.4. The summed E-state index contributed by atoms with van der Waals surface area (Å²) in [5.41, 5.74) is 1.87. The van der Waals surface area contributed by atoms with Crippen LogP contribution in [0.3, 0.4) is 0 Å². The molecule has 0 radical (unpaired) electrons. The quantitative estimate of drug-likeness (QED) is 0.405. The lowest BCUT2D eigenvalue weighted by Gasteiger charge is -2.29. The summed E-state index contributed by atoms with van der Waals surface area (Å²) in [6, 6.07) is 19.1. The number of phenolic OH excluding ortho intramolecular Hbond substituents is 1. The molecule has 0 saturated carbocycles. The number of hydrogen-bond acceptors (Lipinski definition) is 6. The summed E-state index contributed by atoms with van der Waals surface area (Å²) < 4.78 is 6.88. The third-order valence-corrected chi connectivity index (χ3v) is 7.04. The Balaban J connectivity index is 1.62. The molecule has 3 aromatic carbocycles. The fourth-order valence-electron chi connectivity index (χ4n) is 4.43. The first-order chi connectivity index (χ1) is 16.4. The van der Waals surface area contributed by atoms with Crippen LogP contribution >= 0.6 is 31.9 Å². The van der Waals surface area contributed by atoms with Crippen molar-refractivity contribution in [1.82, 2.24) is 0 Å². The maximum absolute atomic E-state index is 13.7. The van der Waals surface area contributed by atoms with Crippen molar-refractivity contribution < 1.29 is 24.3 Å². The Labute approximate surface area is 213 Å². The van der Waals surface area contributed by atoms with Crippen LogP contribution in [0.2, 0.25) is 0 Å². The maximum Gasteiger partial charge on any atom is 0.266 e. The molecule has 7 nitrogen and oxygen atoms in total. The highest BCUT2D eigenvalue weighted by molar-refractivity contribution is 9.10. The van der Waals surface area contributed by atoms with Gasteiger partial charge < -0.3 is 9.84 Å². The molecule has 1 N–H and O–H groups in total. The Bertz CT molecular complexity index is 1250. The molecule has 0 spiro atoms. The third-order valence-electron chi connectivity index (χ3n) is 5.90. The molecular weight excluding hydrogens is 568 g/mol. The second kappa shape index (κ2) is 9.05. The number of para-hydroxylation sites is 1. The molecular formula is C25H20Br2N2O5. The van der Waals surface area contributed by atoms with Gasteiger partial charge in [0.15, 0.2) is 17.6 Å². The summed E-state index contributed by atoms with van der Waals surface area (Å²) in [5, 5.41) is 12.0. The molecule has 34 heavy (non-hydrogen) atoms. The van der Waals surface area contributed by atoms with Gasteiger partial charge in [0.05, 0.1) is 28.5 Å². The van der Waals surface area contributed by atoms with Crippen LogP contribution in [0.5, 0.6) is 11.5 Å². The third kappa shape index (κ3) is 3.77. The van der Waals surface area contributed by atoms with Crippen molar-refractivity contribution in [2.24, 2.45) is 5.92 Å². The molecule has 3 atom stereocenters. The van der Waals surface area contributed by atoms with Gasteiger partial charge in [-0.3, -0.25) is 14.4 Å². The predicted molar refractivity (Wildman–Crippen MR) is 134 cm³/mol. The van der Waals surface area contributed by atoms with Gasteiger partial charge in [0, 0.05) is 4.47 Å². The minimum absolute atomic E-state index is 0.0300. The first-order valence-corrected chi connectivity index (χ1v) is 12.3. The Morgan fingerprint density at radius 1 is 0.971 bits per heavy atom. The Hall–Kier alpha value is -2.88. The van der Waals surface area contributed by atoms with E-state index in [1.807, 2.05) is 37.3 Å². The van der Waals surface area contributed by atoms with E-state index in [0.29, 0.717) is 28.0 Å². The van der Waals surface area contributed by atoms with Gasteiger partial charge in [-0.25, -0.2) is 9.96 Å². The van der Waals surface area contributed by atoms with Crippen LogP contribution in [-0.4, -0.2) is 29.6 Å². The zero-order valence-electron chi connectivity index (χ0n) is 18.0. The number of benzene rings is 3. The normalized spacial score (nSPS) is 21.8. The number of amides is 2. The average Bonchev–Trinajstić information content (AvgIpc) is 3.34. The number of carbonyl (C=O) groups excluding carboxylic acids is 2. The molecule has 3 aromatic rings. The molecule has 3 unspecified atom stereocenters. The van der Waals surface area contributed by atoms with Gasteiger partial charge in [0.2, 0.25) is 5.91 Å². The van der Waals surface area contributed by atoms with E-state index >= 15 is 0 Å². The van der Waals surface area contributed by atoms with Crippen molar-refractivity contribution in [1.29, 1.82) is 0 Å². The number of carbonyl (C=O) groups is 2. The molecule has 2 aliphatic heterocycles. The Kier molecular flexibility index (Phi) is 6.09. The number of fused-ring (bicyclic) bond motifs is 1. The van der Waals surface area contributed by atoms with Crippen LogP contribution < -0.4 is 14.7 Å². The molecule has 0 bridgehead atoms. The number of phenols is 1. The number of rotatable bonds is 5. The summed E-state index contributed by atoms with van der Waals surface area (Å²) in [7, 11) is 0. The van der Waals surface area contributed by atoms with E-state index in [1.165, 1.54) is 4.90 Å². The van der Waals surface area contributed by atoms with Crippen molar-refractivity contribution in [3.63, 3.8) is 0 Å². The zero-order valence-corrected chi connectivity index (χ0v) is 21.2. The van der Waals surface area contributed by atoms with Crippen LogP contribution in [0, 0.1) is 5.92 Å². The highest BCUT2D eigenvalue weighted by atomic mass is 79.9. The summed E-state index contributed by atoms with van der Waals surface area (Å²) in [5.74, 6) is -1.30. The zero-order chi connectivity index (χ0) is 24.0. The van der Waals surface area contributed by atoms with Crippen molar-refractivity contribution in [2.45, 2.75) is 19.1 Å². The Morgan fingerprint density at radius 2 is 1.68 bits per heavy atom.